The van der Waals surface area contributed by atoms with E-state index in [1.807, 2.05) is 13.0 Å². The topological polar surface area (TPSA) is 53.9 Å². The van der Waals surface area contributed by atoms with Gasteiger partial charge in [0, 0.05) is 42.0 Å². The molecule has 2 aromatic heterocycles. The summed E-state index contributed by atoms with van der Waals surface area (Å²) in [4.78, 5) is 15.8. The molecule has 0 amide bonds. The summed E-state index contributed by atoms with van der Waals surface area (Å²) in [6, 6.07) is 11.1. The van der Waals surface area contributed by atoms with Gasteiger partial charge in [0.25, 0.3) is 0 Å². The molecule has 1 fully saturated rings. The molecule has 3 heterocycles. The number of rotatable bonds is 4. The normalized spacial score (nSPS) is 14.8. The van der Waals surface area contributed by atoms with Gasteiger partial charge in [-0.25, -0.2) is 19.3 Å². The van der Waals surface area contributed by atoms with Crippen LogP contribution in [0, 0.1) is 19.7 Å². The van der Waals surface area contributed by atoms with E-state index in [9.17, 15) is 4.39 Å². The molecule has 0 aliphatic carbocycles. The van der Waals surface area contributed by atoms with Crippen LogP contribution in [0.3, 0.4) is 0 Å². The van der Waals surface area contributed by atoms with Gasteiger partial charge in [0.05, 0.1) is 15.2 Å². The highest BCUT2D eigenvalue weighted by molar-refractivity contribution is 7.22. The van der Waals surface area contributed by atoms with E-state index in [1.165, 1.54) is 12.1 Å². The molecule has 0 radical (unpaired) electrons. The second-order valence-electron chi connectivity index (χ2n) is 8.23. The van der Waals surface area contributed by atoms with Crippen LogP contribution in [0.25, 0.3) is 21.3 Å². The molecule has 5 rings (SSSR count). The van der Waals surface area contributed by atoms with E-state index in [4.69, 9.17) is 16.6 Å². The number of thiazole rings is 1. The molecule has 1 N–H and O–H groups in total. The molecule has 0 spiro atoms. The van der Waals surface area contributed by atoms with Gasteiger partial charge in [-0.1, -0.05) is 22.9 Å². The standard InChI is InChI=1S/C24H23ClFN5S/c1-14-9-19(18-4-3-16(26)12-20(18)25)23-21(10-14)32-24(30-23)29-17-5-7-31(8-6-17)22-11-15(2)27-13-28-22/h3-4,9-13,17H,5-8H2,1-2H3,(H,29,30). The monoisotopic (exact) mass is 467 g/mol. The van der Waals surface area contributed by atoms with E-state index in [-0.39, 0.29) is 5.82 Å². The van der Waals surface area contributed by atoms with Crippen LogP contribution in [0.4, 0.5) is 15.3 Å². The molecule has 0 unspecified atom stereocenters. The fourth-order valence-corrected chi connectivity index (χ4v) is 5.52. The molecule has 4 aromatic rings. The van der Waals surface area contributed by atoms with Gasteiger partial charge in [-0.2, -0.15) is 0 Å². The third-order valence-electron chi connectivity index (χ3n) is 5.80. The second kappa shape index (κ2) is 8.64. The highest BCUT2D eigenvalue weighted by Gasteiger charge is 2.22. The van der Waals surface area contributed by atoms with E-state index in [1.54, 1.807) is 23.7 Å². The molecular formula is C24H23ClFN5S. The first-order chi connectivity index (χ1) is 15.5. The fraction of sp³-hybridized carbons (Fsp3) is 0.292. The van der Waals surface area contributed by atoms with E-state index < -0.39 is 0 Å². The van der Waals surface area contributed by atoms with Crippen LogP contribution >= 0.6 is 22.9 Å². The number of hydrogen-bond acceptors (Lipinski definition) is 6. The van der Waals surface area contributed by atoms with Gasteiger partial charge < -0.3 is 10.2 Å². The van der Waals surface area contributed by atoms with Gasteiger partial charge in [0.2, 0.25) is 0 Å². The number of nitrogens with zero attached hydrogens (tertiary/aromatic N) is 4. The van der Waals surface area contributed by atoms with Crippen LogP contribution in [0.5, 0.6) is 0 Å². The number of hydrogen-bond donors (Lipinski definition) is 1. The summed E-state index contributed by atoms with van der Waals surface area (Å²) < 4.78 is 14.7. The minimum Gasteiger partial charge on any atom is -0.359 e. The van der Waals surface area contributed by atoms with Crippen LogP contribution in [-0.2, 0) is 0 Å². The van der Waals surface area contributed by atoms with Gasteiger partial charge in [0.1, 0.15) is 18.0 Å². The van der Waals surface area contributed by atoms with E-state index >= 15 is 0 Å². The van der Waals surface area contributed by atoms with E-state index in [0.717, 1.165) is 69.5 Å². The number of nitrogens with one attached hydrogen (secondary N) is 1. The Morgan fingerprint density at radius 3 is 2.62 bits per heavy atom. The molecule has 1 aliphatic heterocycles. The first-order valence-electron chi connectivity index (χ1n) is 10.6. The van der Waals surface area contributed by atoms with Crippen LogP contribution < -0.4 is 10.2 Å². The van der Waals surface area contributed by atoms with Crippen LogP contribution in [0.15, 0.2) is 42.7 Å². The van der Waals surface area contributed by atoms with Crippen molar-refractivity contribution in [1.29, 1.82) is 0 Å². The summed E-state index contributed by atoms with van der Waals surface area (Å²) in [6.07, 6.45) is 3.65. The van der Waals surface area contributed by atoms with Gasteiger partial charge in [-0.05, 0) is 62.6 Å². The zero-order valence-corrected chi connectivity index (χ0v) is 19.5. The molecule has 32 heavy (non-hydrogen) atoms. The summed E-state index contributed by atoms with van der Waals surface area (Å²) in [6.45, 7) is 5.92. The molecule has 0 atom stereocenters. The third kappa shape index (κ3) is 4.27. The molecule has 1 saturated heterocycles. The number of aromatic nitrogens is 3. The summed E-state index contributed by atoms with van der Waals surface area (Å²) in [7, 11) is 0. The Hall–Kier alpha value is -2.77. The van der Waals surface area contributed by atoms with Crippen molar-refractivity contribution in [3.8, 4) is 11.1 Å². The minimum atomic E-state index is -0.341. The van der Waals surface area contributed by atoms with E-state index in [0.29, 0.717) is 11.1 Å². The van der Waals surface area contributed by atoms with Gasteiger partial charge in [-0.15, -0.1) is 0 Å². The summed E-state index contributed by atoms with van der Waals surface area (Å²) in [5, 5.41) is 4.93. The Kier molecular flexibility index (Phi) is 5.69. The van der Waals surface area contributed by atoms with Crippen molar-refractivity contribution in [1.82, 2.24) is 15.0 Å². The Bertz CT molecular complexity index is 1280. The van der Waals surface area contributed by atoms with Crippen molar-refractivity contribution < 1.29 is 4.39 Å². The largest absolute Gasteiger partial charge is 0.359 e. The number of aryl methyl sites for hydroxylation is 2. The van der Waals surface area contributed by atoms with Gasteiger partial charge in [0.15, 0.2) is 5.13 Å². The molecule has 164 valence electrons. The van der Waals surface area contributed by atoms with Crippen molar-refractivity contribution in [3.63, 3.8) is 0 Å². The number of piperidine rings is 1. The molecule has 0 bridgehead atoms. The predicted molar refractivity (Wildman–Crippen MR) is 130 cm³/mol. The first-order valence-corrected chi connectivity index (χ1v) is 11.8. The van der Waals surface area contributed by atoms with Gasteiger partial charge >= 0.3 is 0 Å². The summed E-state index contributed by atoms with van der Waals surface area (Å²) >= 11 is 8.01. The second-order valence-corrected chi connectivity index (χ2v) is 9.66. The Labute approximate surface area is 195 Å². The maximum Gasteiger partial charge on any atom is 0.184 e. The average Bonchev–Trinajstić information content (AvgIpc) is 3.16. The van der Waals surface area contributed by atoms with Crippen LogP contribution in [0.1, 0.15) is 24.1 Å². The lowest BCUT2D eigenvalue weighted by Gasteiger charge is -2.33. The van der Waals surface area contributed by atoms with Crippen molar-refractivity contribution >= 4 is 44.1 Å². The quantitative estimate of drug-likeness (QED) is 0.384. The highest BCUT2D eigenvalue weighted by atomic mass is 35.5. The number of anilines is 2. The first kappa shape index (κ1) is 21.1. The number of halogens is 2. The van der Waals surface area contributed by atoms with Crippen molar-refractivity contribution in [2.45, 2.75) is 32.7 Å². The summed E-state index contributed by atoms with van der Waals surface area (Å²) in [5.41, 5.74) is 4.73. The average molecular weight is 468 g/mol. The molecule has 5 nitrogen and oxygen atoms in total. The highest BCUT2D eigenvalue weighted by Crippen LogP contribution is 2.38. The van der Waals surface area contributed by atoms with Crippen molar-refractivity contribution in [3.05, 3.63) is 64.8 Å². The number of benzene rings is 2. The SMILES string of the molecule is Cc1cc(-c2ccc(F)cc2Cl)c2nc(NC3CCN(c4cc(C)ncn4)CC3)sc2c1. The van der Waals surface area contributed by atoms with E-state index in [2.05, 4.69) is 39.2 Å². The maximum absolute atomic E-state index is 13.6. The fourth-order valence-electron chi connectivity index (χ4n) is 4.18. The lowest BCUT2D eigenvalue weighted by atomic mass is 10.0. The van der Waals surface area contributed by atoms with Crippen LogP contribution in [0.2, 0.25) is 5.02 Å². The zero-order chi connectivity index (χ0) is 22.2. The molecular weight excluding hydrogens is 445 g/mol. The zero-order valence-electron chi connectivity index (χ0n) is 17.9. The molecule has 2 aromatic carbocycles. The Morgan fingerprint density at radius 1 is 1.06 bits per heavy atom. The Balaban J connectivity index is 1.36. The van der Waals surface area contributed by atoms with Crippen LogP contribution in [-0.4, -0.2) is 34.1 Å². The molecule has 8 heteroatoms. The lowest BCUT2D eigenvalue weighted by Crippen LogP contribution is -2.39. The van der Waals surface area contributed by atoms with Gasteiger partial charge in [-0.3, -0.25) is 0 Å². The molecule has 1 aliphatic rings. The smallest absolute Gasteiger partial charge is 0.184 e. The molecule has 0 saturated carbocycles. The maximum atomic E-state index is 13.6. The lowest BCUT2D eigenvalue weighted by molar-refractivity contribution is 0.523. The summed E-state index contributed by atoms with van der Waals surface area (Å²) in [5.74, 6) is 0.652. The van der Waals surface area contributed by atoms with Crippen molar-refractivity contribution in [2.24, 2.45) is 0 Å². The Morgan fingerprint density at radius 2 is 1.88 bits per heavy atom. The van der Waals surface area contributed by atoms with Crippen molar-refractivity contribution in [2.75, 3.05) is 23.3 Å². The minimum absolute atomic E-state index is 0.341. The number of fused-ring (bicyclic) bond motifs is 1. The third-order valence-corrected chi connectivity index (χ3v) is 7.04. The predicted octanol–water partition coefficient (Wildman–Crippen LogP) is 6.24.